The fourth-order valence-corrected chi connectivity index (χ4v) is 2.64. The first-order chi connectivity index (χ1) is 10.4. The van der Waals surface area contributed by atoms with Gasteiger partial charge in [0.25, 0.3) is 0 Å². The molecule has 0 saturated carbocycles. The van der Waals surface area contributed by atoms with Crippen LogP contribution in [0.1, 0.15) is 17.2 Å². The van der Waals surface area contributed by atoms with Crippen LogP contribution in [0.3, 0.4) is 0 Å². The summed E-state index contributed by atoms with van der Waals surface area (Å²) in [7, 11) is 0. The lowest BCUT2D eigenvalue weighted by atomic mass is 10.1. The number of benzene rings is 2. The van der Waals surface area contributed by atoms with E-state index in [1.165, 1.54) is 5.56 Å². The molecule has 1 aliphatic heterocycles. The first-order valence-electron chi connectivity index (χ1n) is 7.01. The van der Waals surface area contributed by atoms with Crippen LogP contribution in [0, 0.1) is 0 Å². The minimum absolute atomic E-state index is 0.0696. The largest absolute Gasteiger partial charge is 0.475 e. The molecule has 0 saturated heterocycles. The zero-order valence-electron chi connectivity index (χ0n) is 11.4. The summed E-state index contributed by atoms with van der Waals surface area (Å²) in [6, 6.07) is 20.4. The molecule has 0 bridgehead atoms. The van der Waals surface area contributed by atoms with Gasteiger partial charge in [-0.1, -0.05) is 48.5 Å². The molecule has 0 spiro atoms. The van der Waals surface area contributed by atoms with E-state index < -0.39 is 0 Å². The lowest BCUT2D eigenvalue weighted by molar-refractivity contribution is 0.320. The Morgan fingerprint density at radius 3 is 2.67 bits per heavy atom. The van der Waals surface area contributed by atoms with Crippen LogP contribution in [0.25, 0.3) is 10.9 Å². The van der Waals surface area contributed by atoms with Crippen molar-refractivity contribution in [2.75, 3.05) is 6.61 Å². The molecule has 0 N–H and O–H groups in total. The molecule has 2 aromatic carbocycles. The van der Waals surface area contributed by atoms with E-state index in [0.717, 1.165) is 16.5 Å². The summed E-state index contributed by atoms with van der Waals surface area (Å²) in [6.07, 6.45) is 1.80. The maximum Gasteiger partial charge on any atom is 0.219 e. The van der Waals surface area contributed by atoms with E-state index in [1.54, 1.807) is 6.20 Å². The van der Waals surface area contributed by atoms with Crippen molar-refractivity contribution in [3.8, 4) is 0 Å². The molecule has 0 radical (unpaired) electrons. The molecule has 4 rings (SSSR count). The highest BCUT2D eigenvalue weighted by molar-refractivity contribution is 6.05. The number of hydrogen-bond donors (Lipinski definition) is 0. The maximum absolute atomic E-state index is 5.82. The number of fused-ring (bicyclic) bond motifs is 1. The Morgan fingerprint density at radius 1 is 0.905 bits per heavy atom. The third kappa shape index (κ3) is 2.17. The Hall–Kier alpha value is -2.68. The Morgan fingerprint density at radius 2 is 1.76 bits per heavy atom. The van der Waals surface area contributed by atoms with Crippen molar-refractivity contribution in [3.63, 3.8) is 0 Å². The molecule has 21 heavy (non-hydrogen) atoms. The van der Waals surface area contributed by atoms with E-state index >= 15 is 0 Å². The molecule has 3 heteroatoms. The third-order valence-electron chi connectivity index (χ3n) is 3.70. The van der Waals surface area contributed by atoms with Gasteiger partial charge < -0.3 is 4.74 Å². The molecule has 0 amide bonds. The van der Waals surface area contributed by atoms with Gasteiger partial charge in [-0.25, -0.2) is 4.99 Å². The van der Waals surface area contributed by atoms with E-state index in [-0.39, 0.29) is 6.04 Å². The number of rotatable bonds is 2. The van der Waals surface area contributed by atoms with E-state index in [1.807, 2.05) is 36.4 Å². The standard InChI is InChI=1S/C18H14N2O/c1-2-6-13(7-3-1)16-12-21-18(20-16)15-10-4-8-14-9-5-11-19-17(14)15/h1-11,16H,12H2/t16-/m0/s1. The summed E-state index contributed by atoms with van der Waals surface area (Å²) < 4.78 is 5.82. The summed E-state index contributed by atoms with van der Waals surface area (Å²) in [6.45, 7) is 0.586. The van der Waals surface area contributed by atoms with Gasteiger partial charge in [-0.3, -0.25) is 4.98 Å². The maximum atomic E-state index is 5.82. The van der Waals surface area contributed by atoms with Gasteiger partial charge in [-0.05, 0) is 17.7 Å². The van der Waals surface area contributed by atoms with Crippen molar-refractivity contribution in [2.24, 2.45) is 4.99 Å². The van der Waals surface area contributed by atoms with Crippen LogP contribution in [0.2, 0.25) is 0 Å². The molecule has 3 aromatic rings. The number of ether oxygens (including phenoxy) is 1. The Balaban J connectivity index is 1.77. The van der Waals surface area contributed by atoms with Gasteiger partial charge in [0.05, 0.1) is 11.1 Å². The van der Waals surface area contributed by atoms with E-state index in [2.05, 4.69) is 29.2 Å². The Bertz CT molecular complexity index is 806. The van der Waals surface area contributed by atoms with Gasteiger partial charge in [0.1, 0.15) is 12.6 Å². The van der Waals surface area contributed by atoms with Crippen LogP contribution in [0.5, 0.6) is 0 Å². The second-order valence-corrected chi connectivity index (χ2v) is 5.05. The molecular formula is C18H14N2O. The summed E-state index contributed by atoms with van der Waals surface area (Å²) in [5.41, 5.74) is 3.08. The van der Waals surface area contributed by atoms with Crippen LogP contribution in [-0.2, 0) is 4.74 Å². The second kappa shape index (κ2) is 5.02. The van der Waals surface area contributed by atoms with Crippen molar-refractivity contribution in [1.82, 2.24) is 4.98 Å². The van der Waals surface area contributed by atoms with Crippen molar-refractivity contribution in [2.45, 2.75) is 6.04 Å². The van der Waals surface area contributed by atoms with Crippen LogP contribution < -0.4 is 0 Å². The normalized spacial score (nSPS) is 17.5. The predicted octanol–water partition coefficient (Wildman–Crippen LogP) is 3.75. The fourth-order valence-electron chi connectivity index (χ4n) is 2.64. The summed E-state index contributed by atoms with van der Waals surface area (Å²) in [5.74, 6) is 0.688. The first kappa shape index (κ1) is 12.1. The highest BCUT2D eigenvalue weighted by Gasteiger charge is 2.22. The zero-order valence-corrected chi connectivity index (χ0v) is 11.4. The summed E-state index contributed by atoms with van der Waals surface area (Å²) in [5, 5.41) is 1.10. The smallest absolute Gasteiger partial charge is 0.219 e. The molecule has 1 aromatic heterocycles. The number of nitrogens with zero attached hydrogens (tertiary/aromatic N) is 2. The first-order valence-corrected chi connectivity index (χ1v) is 7.01. The predicted molar refractivity (Wildman–Crippen MR) is 83.4 cm³/mol. The lowest BCUT2D eigenvalue weighted by Crippen LogP contribution is -2.02. The van der Waals surface area contributed by atoms with Crippen molar-refractivity contribution in [1.29, 1.82) is 0 Å². The molecule has 2 heterocycles. The number of aliphatic imine (C=N–C) groups is 1. The minimum atomic E-state index is 0.0696. The quantitative estimate of drug-likeness (QED) is 0.713. The van der Waals surface area contributed by atoms with Crippen molar-refractivity contribution >= 4 is 16.8 Å². The molecule has 0 aliphatic carbocycles. The van der Waals surface area contributed by atoms with Crippen LogP contribution in [0.4, 0.5) is 0 Å². The molecule has 3 nitrogen and oxygen atoms in total. The van der Waals surface area contributed by atoms with E-state index in [4.69, 9.17) is 9.73 Å². The Kier molecular flexibility index (Phi) is 2.89. The second-order valence-electron chi connectivity index (χ2n) is 5.05. The highest BCUT2D eigenvalue weighted by atomic mass is 16.5. The van der Waals surface area contributed by atoms with Gasteiger partial charge in [0.15, 0.2) is 0 Å². The zero-order chi connectivity index (χ0) is 14.1. The number of aromatic nitrogens is 1. The number of para-hydroxylation sites is 1. The highest BCUT2D eigenvalue weighted by Crippen LogP contribution is 2.27. The average molecular weight is 274 g/mol. The van der Waals surface area contributed by atoms with Gasteiger partial charge in [0.2, 0.25) is 5.90 Å². The van der Waals surface area contributed by atoms with E-state index in [0.29, 0.717) is 12.5 Å². The summed E-state index contributed by atoms with van der Waals surface area (Å²) >= 11 is 0. The Labute approximate surface area is 122 Å². The van der Waals surface area contributed by atoms with Crippen molar-refractivity contribution < 1.29 is 4.74 Å². The number of pyridine rings is 1. The minimum Gasteiger partial charge on any atom is -0.475 e. The molecule has 0 unspecified atom stereocenters. The molecular weight excluding hydrogens is 260 g/mol. The fraction of sp³-hybridized carbons (Fsp3) is 0.111. The topological polar surface area (TPSA) is 34.5 Å². The van der Waals surface area contributed by atoms with Gasteiger partial charge in [0, 0.05) is 11.6 Å². The molecule has 1 aliphatic rings. The van der Waals surface area contributed by atoms with E-state index in [9.17, 15) is 0 Å². The van der Waals surface area contributed by atoms with Crippen molar-refractivity contribution in [3.05, 3.63) is 78.0 Å². The average Bonchev–Trinajstić information content (AvgIpc) is 3.05. The summed E-state index contributed by atoms with van der Waals surface area (Å²) in [4.78, 5) is 9.20. The van der Waals surface area contributed by atoms with Gasteiger partial charge >= 0.3 is 0 Å². The van der Waals surface area contributed by atoms with Crippen LogP contribution in [0.15, 0.2) is 71.9 Å². The molecule has 102 valence electrons. The molecule has 0 fully saturated rings. The lowest BCUT2D eigenvalue weighted by Gasteiger charge is -2.04. The van der Waals surface area contributed by atoms with Crippen LogP contribution in [-0.4, -0.2) is 17.5 Å². The van der Waals surface area contributed by atoms with Gasteiger partial charge in [-0.2, -0.15) is 0 Å². The number of hydrogen-bond acceptors (Lipinski definition) is 3. The monoisotopic (exact) mass is 274 g/mol. The van der Waals surface area contributed by atoms with Crippen LogP contribution >= 0.6 is 0 Å². The third-order valence-corrected chi connectivity index (χ3v) is 3.70. The molecule has 1 atom stereocenters. The van der Waals surface area contributed by atoms with Gasteiger partial charge in [-0.15, -0.1) is 0 Å². The SMILES string of the molecule is c1ccc([C@@H]2COC(c3cccc4cccnc34)=N2)cc1.